The summed E-state index contributed by atoms with van der Waals surface area (Å²) >= 11 is 0. The van der Waals surface area contributed by atoms with Gasteiger partial charge in [0.1, 0.15) is 11.3 Å². The summed E-state index contributed by atoms with van der Waals surface area (Å²) < 4.78 is 5.63. The number of urea groups is 1. The van der Waals surface area contributed by atoms with E-state index < -0.39 is 5.54 Å². The summed E-state index contributed by atoms with van der Waals surface area (Å²) in [5, 5.41) is 2.90. The highest BCUT2D eigenvalue weighted by Gasteiger charge is 2.50. The van der Waals surface area contributed by atoms with Crippen LogP contribution in [0, 0.1) is 0 Å². The minimum atomic E-state index is -0.987. The van der Waals surface area contributed by atoms with Crippen LogP contribution in [0.3, 0.4) is 0 Å². The zero-order valence-corrected chi connectivity index (χ0v) is 15.4. The summed E-state index contributed by atoms with van der Waals surface area (Å²) in [6, 6.07) is 16.5. The average Bonchev–Trinajstić information content (AvgIpc) is 2.88. The molecule has 0 aliphatic carbocycles. The molecule has 1 aliphatic heterocycles. The van der Waals surface area contributed by atoms with E-state index in [1.54, 1.807) is 0 Å². The van der Waals surface area contributed by atoms with Crippen LogP contribution in [0.5, 0.6) is 5.75 Å². The Labute approximate surface area is 154 Å². The molecular weight excluding hydrogens is 328 g/mol. The average molecular weight is 352 g/mol. The minimum Gasteiger partial charge on any atom is -0.491 e. The molecule has 3 amide bonds. The third-order valence-electron chi connectivity index (χ3n) is 4.61. The lowest BCUT2D eigenvalue weighted by atomic mass is 9.87. The van der Waals surface area contributed by atoms with Crippen LogP contribution in [-0.2, 0) is 16.9 Å². The van der Waals surface area contributed by atoms with Gasteiger partial charge in [-0.1, -0.05) is 49.4 Å². The fraction of sp³-hybridized carbons (Fsp3) is 0.333. The smallest absolute Gasteiger partial charge is 0.325 e. The summed E-state index contributed by atoms with van der Waals surface area (Å²) in [6.07, 6.45) is 0.599. The van der Waals surface area contributed by atoms with E-state index in [1.165, 1.54) is 4.90 Å². The quantitative estimate of drug-likeness (QED) is 0.804. The van der Waals surface area contributed by atoms with Crippen molar-refractivity contribution in [1.82, 2.24) is 10.2 Å². The molecule has 1 saturated heterocycles. The fourth-order valence-corrected chi connectivity index (χ4v) is 3.26. The van der Waals surface area contributed by atoms with Crippen LogP contribution >= 0.6 is 0 Å². The first kappa shape index (κ1) is 18.0. The predicted molar refractivity (Wildman–Crippen MR) is 99.7 cm³/mol. The Kier molecular flexibility index (Phi) is 4.98. The Morgan fingerprint density at radius 3 is 2.27 bits per heavy atom. The minimum absolute atomic E-state index is 0.0998. The molecular formula is C21H24N2O3. The van der Waals surface area contributed by atoms with E-state index in [4.69, 9.17) is 4.74 Å². The lowest BCUT2D eigenvalue weighted by Crippen LogP contribution is -2.43. The van der Waals surface area contributed by atoms with Crippen LogP contribution < -0.4 is 10.1 Å². The number of ether oxygens (including phenoxy) is 1. The van der Waals surface area contributed by atoms with Crippen molar-refractivity contribution in [3.8, 4) is 5.75 Å². The number of imide groups is 1. The first-order chi connectivity index (χ1) is 12.5. The van der Waals surface area contributed by atoms with Gasteiger partial charge in [-0.15, -0.1) is 0 Å². The van der Waals surface area contributed by atoms with Gasteiger partial charge in [0.05, 0.1) is 12.6 Å². The molecule has 5 nitrogen and oxygen atoms in total. The van der Waals surface area contributed by atoms with Gasteiger partial charge in [-0.3, -0.25) is 9.69 Å². The van der Waals surface area contributed by atoms with E-state index in [1.807, 2.05) is 75.4 Å². The Bertz CT molecular complexity index is 787. The van der Waals surface area contributed by atoms with E-state index in [0.717, 1.165) is 16.9 Å². The number of benzene rings is 2. The topological polar surface area (TPSA) is 58.6 Å². The highest BCUT2D eigenvalue weighted by Crippen LogP contribution is 2.33. The number of carbonyl (C=O) groups is 2. The van der Waals surface area contributed by atoms with E-state index in [0.29, 0.717) is 6.42 Å². The van der Waals surface area contributed by atoms with Gasteiger partial charge in [-0.2, -0.15) is 0 Å². The van der Waals surface area contributed by atoms with Crippen molar-refractivity contribution in [2.75, 3.05) is 0 Å². The van der Waals surface area contributed by atoms with Gasteiger partial charge >= 0.3 is 6.03 Å². The maximum Gasteiger partial charge on any atom is 0.325 e. The van der Waals surface area contributed by atoms with E-state index in [-0.39, 0.29) is 24.6 Å². The highest BCUT2D eigenvalue weighted by atomic mass is 16.5. The van der Waals surface area contributed by atoms with Gasteiger partial charge in [0, 0.05) is 0 Å². The molecule has 5 heteroatoms. The largest absolute Gasteiger partial charge is 0.491 e. The second kappa shape index (κ2) is 7.20. The molecule has 0 bridgehead atoms. The highest BCUT2D eigenvalue weighted by molar-refractivity contribution is 6.07. The molecule has 1 atom stereocenters. The summed E-state index contributed by atoms with van der Waals surface area (Å²) in [6.45, 7) is 6.08. The van der Waals surface area contributed by atoms with Crippen LogP contribution in [0.25, 0.3) is 0 Å². The van der Waals surface area contributed by atoms with Crippen molar-refractivity contribution in [2.45, 2.75) is 45.4 Å². The van der Waals surface area contributed by atoms with E-state index >= 15 is 0 Å². The summed E-state index contributed by atoms with van der Waals surface area (Å²) in [4.78, 5) is 26.9. The van der Waals surface area contributed by atoms with Crippen LogP contribution in [0.2, 0.25) is 0 Å². The predicted octanol–water partition coefficient (Wildman–Crippen LogP) is 3.83. The molecule has 0 spiro atoms. The molecule has 0 radical (unpaired) electrons. The zero-order valence-electron chi connectivity index (χ0n) is 15.4. The van der Waals surface area contributed by atoms with E-state index in [9.17, 15) is 9.59 Å². The summed E-state index contributed by atoms with van der Waals surface area (Å²) in [7, 11) is 0. The molecule has 2 aromatic rings. The van der Waals surface area contributed by atoms with Crippen molar-refractivity contribution in [3.05, 3.63) is 65.7 Å². The molecule has 1 aliphatic rings. The SMILES string of the molecule is CCC1(c2ccccc2)NC(=O)N(Cc2ccc(OC(C)C)cc2)C1=O. The summed E-state index contributed by atoms with van der Waals surface area (Å²) in [5.74, 6) is 0.562. The molecule has 1 N–H and O–H groups in total. The van der Waals surface area contributed by atoms with Gasteiger partial charge in [0.15, 0.2) is 0 Å². The molecule has 26 heavy (non-hydrogen) atoms. The molecule has 3 rings (SSSR count). The van der Waals surface area contributed by atoms with Gasteiger partial charge in [0.2, 0.25) is 0 Å². The number of rotatable bonds is 6. The maximum atomic E-state index is 13.1. The number of nitrogens with one attached hydrogen (secondary N) is 1. The number of hydrogen-bond acceptors (Lipinski definition) is 3. The molecule has 1 heterocycles. The first-order valence-corrected chi connectivity index (χ1v) is 8.91. The molecule has 0 saturated carbocycles. The van der Waals surface area contributed by atoms with Crippen LogP contribution in [-0.4, -0.2) is 22.9 Å². The molecule has 136 valence electrons. The maximum absolute atomic E-state index is 13.1. The van der Waals surface area contributed by atoms with Gasteiger partial charge < -0.3 is 10.1 Å². The number of amides is 3. The number of hydrogen-bond donors (Lipinski definition) is 1. The van der Waals surface area contributed by atoms with Crippen molar-refractivity contribution < 1.29 is 14.3 Å². The monoisotopic (exact) mass is 352 g/mol. The molecule has 1 unspecified atom stereocenters. The standard InChI is InChI=1S/C21H24N2O3/c1-4-21(17-8-6-5-7-9-17)19(24)23(20(25)22-21)14-16-10-12-18(13-11-16)26-15(2)3/h5-13,15H,4,14H2,1-3H3,(H,22,25). The lowest BCUT2D eigenvalue weighted by molar-refractivity contribution is -0.132. The van der Waals surface area contributed by atoms with Crippen molar-refractivity contribution in [1.29, 1.82) is 0 Å². The normalized spacial score (nSPS) is 19.8. The van der Waals surface area contributed by atoms with Crippen molar-refractivity contribution >= 4 is 11.9 Å². The Morgan fingerprint density at radius 2 is 1.69 bits per heavy atom. The molecule has 1 fully saturated rings. The van der Waals surface area contributed by atoms with Crippen molar-refractivity contribution in [3.63, 3.8) is 0 Å². The second-order valence-electron chi connectivity index (χ2n) is 6.76. The third kappa shape index (κ3) is 3.29. The Morgan fingerprint density at radius 1 is 1.04 bits per heavy atom. The Balaban J connectivity index is 1.81. The number of carbonyl (C=O) groups excluding carboxylic acids is 2. The summed E-state index contributed by atoms with van der Waals surface area (Å²) in [5.41, 5.74) is 0.701. The lowest BCUT2D eigenvalue weighted by Gasteiger charge is -2.25. The van der Waals surface area contributed by atoms with Gasteiger partial charge in [0.25, 0.3) is 5.91 Å². The fourth-order valence-electron chi connectivity index (χ4n) is 3.26. The molecule has 0 aromatic heterocycles. The number of nitrogens with zero attached hydrogens (tertiary/aromatic N) is 1. The van der Waals surface area contributed by atoms with Crippen LogP contribution in [0.15, 0.2) is 54.6 Å². The van der Waals surface area contributed by atoms with Crippen LogP contribution in [0.4, 0.5) is 4.79 Å². The van der Waals surface area contributed by atoms with Crippen molar-refractivity contribution in [2.24, 2.45) is 0 Å². The Hall–Kier alpha value is -2.82. The second-order valence-corrected chi connectivity index (χ2v) is 6.76. The zero-order chi connectivity index (χ0) is 18.7. The first-order valence-electron chi connectivity index (χ1n) is 8.91. The van der Waals surface area contributed by atoms with Gasteiger partial charge in [-0.05, 0) is 43.5 Å². The third-order valence-corrected chi connectivity index (χ3v) is 4.61. The van der Waals surface area contributed by atoms with Crippen LogP contribution in [0.1, 0.15) is 38.3 Å². The molecule has 2 aromatic carbocycles. The van der Waals surface area contributed by atoms with Gasteiger partial charge in [-0.25, -0.2) is 4.79 Å². The van der Waals surface area contributed by atoms with E-state index in [2.05, 4.69) is 5.32 Å².